The summed E-state index contributed by atoms with van der Waals surface area (Å²) in [6.07, 6.45) is 6.68. The molecule has 0 spiro atoms. The molecule has 0 radical (unpaired) electrons. The average Bonchev–Trinajstić information content (AvgIpc) is 3.89. The second-order valence-electron chi connectivity index (χ2n) is 14.9. The van der Waals surface area contributed by atoms with E-state index in [9.17, 15) is 0 Å². The minimum atomic E-state index is -0.331. The summed E-state index contributed by atoms with van der Waals surface area (Å²) in [7, 11) is 0. The molecule has 3 aromatic heterocycles. The zero-order valence-corrected chi connectivity index (χ0v) is 31.2. The van der Waals surface area contributed by atoms with Crippen LogP contribution >= 0.6 is 11.8 Å². The van der Waals surface area contributed by atoms with Crippen LogP contribution in [0.2, 0.25) is 0 Å². The lowest BCUT2D eigenvalue weighted by molar-refractivity contribution is 0.634. The first-order valence-electron chi connectivity index (χ1n) is 19.0. The Bertz CT molecular complexity index is 3320. The van der Waals surface area contributed by atoms with E-state index in [2.05, 4.69) is 151 Å². The van der Waals surface area contributed by atoms with Crippen LogP contribution in [-0.2, 0) is 5.41 Å². The van der Waals surface area contributed by atoms with Crippen molar-refractivity contribution >= 4 is 71.9 Å². The first-order valence-corrected chi connectivity index (χ1v) is 19.9. The molecule has 6 heteroatoms. The molecule has 2 aliphatic rings. The molecule has 1 aliphatic carbocycles. The highest BCUT2D eigenvalue weighted by atomic mass is 32.2. The molecule has 2 atom stereocenters. The first kappa shape index (κ1) is 31.6. The molecule has 0 N–H and O–H groups in total. The van der Waals surface area contributed by atoms with E-state index in [1.54, 1.807) is 0 Å². The van der Waals surface area contributed by atoms with Gasteiger partial charge >= 0.3 is 0 Å². The first-order chi connectivity index (χ1) is 27.6. The zero-order chi connectivity index (χ0) is 37.0. The molecule has 12 rings (SSSR count). The van der Waals surface area contributed by atoms with Gasteiger partial charge in [-0.1, -0.05) is 127 Å². The number of rotatable bonds is 4. The minimum Gasteiger partial charge on any atom is -0.454 e. The van der Waals surface area contributed by atoms with Crippen molar-refractivity contribution in [3.05, 3.63) is 181 Å². The maximum atomic E-state index is 6.91. The van der Waals surface area contributed by atoms with Crippen LogP contribution < -0.4 is 0 Å². The summed E-state index contributed by atoms with van der Waals surface area (Å²) in [6.45, 7) is 2.34. The van der Waals surface area contributed by atoms with Crippen molar-refractivity contribution in [3.63, 3.8) is 0 Å². The SMILES string of the molecule is CC12C(c3nc(-c4ccccc4)nc(-c4ccc5c(oc6ccccc65)c4-n4c5ccccc5c5cc6ccccc6cc54)n3)=CC=CC1Sc1ccccc12. The van der Waals surface area contributed by atoms with Crippen molar-refractivity contribution in [1.29, 1.82) is 0 Å². The van der Waals surface area contributed by atoms with Gasteiger partial charge in [-0.3, -0.25) is 0 Å². The third-order valence-corrected chi connectivity index (χ3v) is 13.3. The number of fused-ring (bicyclic) bond motifs is 10. The van der Waals surface area contributed by atoms with Crippen LogP contribution in [0.15, 0.2) is 179 Å². The van der Waals surface area contributed by atoms with Crippen LogP contribution in [0.5, 0.6) is 0 Å². The molecule has 0 saturated carbocycles. The zero-order valence-electron chi connectivity index (χ0n) is 30.3. The van der Waals surface area contributed by atoms with E-state index in [1.807, 2.05) is 42.1 Å². The van der Waals surface area contributed by atoms with E-state index in [-0.39, 0.29) is 10.7 Å². The van der Waals surface area contributed by atoms with Crippen LogP contribution in [0.25, 0.3) is 88.6 Å². The number of hydrogen-bond acceptors (Lipinski definition) is 5. The largest absolute Gasteiger partial charge is 0.454 e. The Kier molecular flexibility index (Phi) is 6.69. The highest BCUT2D eigenvalue weighted by molar-refractivity contribution is 8.00. The maximum Gasteiger partial charge on any atom is 0.166 e. The molecule has 10 aromatic rings. The number of allylic oxidation sites excluding steroid dienone is 3. The second-order valence-corrected chi connectivity index (χ2v) is 16.1. The molecule has 56 heavy (non-hydrogen) atoms. The maximum absolute atomic E-state index is 6.91. The van der Waals surface area contributed by atoms with Gasteiger partial charge in [-0.2, -0.15) is 0 Å². The highest BCUT2D eigenvalue weighted by Crippen LogP contribution is 2.57. The smallest absolute Gasteiger partial charge is 0.166 e. The fourth-order valence-corrected chi connectivity index (χ4v) is 10.6. The third-order valence-electron chi connectivity index (χ3n) is 11.8. The van der Waals surface area contributed by atoms with Gasteiger partial charge in [0.1, 0.15) is 11.3 Å². The van der Waals surface area contributed by atoms with Gasteiger partial charge in [0.05, 0.1) is 11.0 Å². The molecule has 264 valence electrons. The predicted octanol–water partition coefficient (Wildman–Crippen LogP) is 12.7. The molecule has 0 fully saturated rings. The van der Waals surface area contributed by atoms with Crippen LogP contribution in [0.1, 0.15) is 18.3 Å². The quantitative estimate of drug-likeness (QED) is 0.180. The van der Waals surface area contributed by atoms with Crippen molar-refractivity contribution in [1.82, 2.24) is 19.5 Å². The summed E-state index contributed by atoms with van der Waals surface area (Å²) in [4.78, 5) is 17.4. The summed E-state index contributed by atoms with van der Waals surface area (Å²) < 4.78 is 9.28. The Morgan fingerprint density at radius 1 is 0.607 bits per heavy atom. The highest BCUT2D eigenvalue weighted by Gasteiger charge is 2.47. The summed E-state index contributed by atoms with van der Waals surface area (Å²) >= 11 is 1.91. The van der Waals surface area contributed by atoms with Gasteiger partial charge in [-0.25, -0.2) is 15.0 Å². The predicted molar refractivity (Wildman–Crippen MR) is 230 cm³/mol. The van der Waals surface area contributed by atoms with Crippen LogP contribution in [0.4, 0.5) is 0 Å². The van der Waals surface area contributed by atoms with E-state index in [4.69, 9.17) is 19.4 Å². The number of furan rings is 1. The molecule has 7 aromatic carbocycles. The molecule has 4 heterocycles. The van der Waals surface area contributed by atoms with Crippen molar-refractivity contribution in [2.24, 2.45) is 0 Å². The van der Waals surface area contributed by atoms with Gasteiger partial charge < -0.3 is 8.98 Å². The van der Waals surface area contributed by atoms with Gasteiger partial charge in [-0.05, 0) is 65.7 Å². The van der Waals surface area contributed by atoms with Gasteiger partial charge in [0.25, 0.3) is 0 Å². The van der Waals surface area contributed by atoms with Crippen LogP contribution in [0.3, 0.4) is 0 Å². The lowest BCUT2D eigenvalue weighted by atomic mass is 9.71. The standard InChI is InChI=1S/C50H32N4OS/c1-50-38-20-9-12-24-43(38)56-44(50)25-13-21-39(50)49-52-47(30-14-3-2-4-15-30)51-48(53-49)36-27-26-35-34-19-8-11-23-42(34)55-46(35)45(36)54-40-22-10-7-18-33(40)37-28-31-16-5-6-17-32(31)29-41(37)54/h2-29,44H,1H3. The number of nitrogens with zero attached hydrogens (tertiary/aromatic N) is 4. The minimum absolute atomic E-state index is 0.218. The van der Waals surface area contributed by atoms with E-state index in [0.717, 1.165) is 55.4 Å². The Labute approximate surface area is 326 Å². The number of aromatic nitrogens is 4. The van der Waals surface area contributed by atoms with E-state index in [0.29, 0.717) is 17.5 Å². The van der Waals surface area contributed by atoms with Crippen molar-refractivity contribution in [2.45, 2.75) is 22.5 Å². The average molecular weight is 737 g/mol. The van der Waals surface area contributed by atoms with Gasteiger partial charge in [-0.15, -0.1) is 11.8 Å². The molecule has 0 bridgehead atoms. The molecule has 0 saturated heterocycles. The topological polar surface area (TPSA) is 56.7 Å². The van der Waals surface area contributed by atoms with E-state index >= 15 is 0 Å². The monoisotopic (exact) mass is 736 g/mol. The lowest BCUT2D eigenvalue weighted by Crippen LogP contribution is -2.33. The number of para-hydroxylation sites is 2. The Balaban J connectivity index is 1.20. The Morgan fingerprint density at radius 3 is 2.21 bits per heavy atom. The number of benzene rings is 7. The summed E-state index contributed by atoms with van der Waals surface area (Å²) in [6, 6.07) is 53.5. The van der Waals surface area contributed by atoms with Crippen molar-refractivity contribution < 1.29 is 4.42 Å². The fourth-order valence-electron chi connectivity index (χ4n) is 9.08. The fraction of sp³-hybridized carbons (Fsp3) is 0.0600. The second kappa shape index (κ2) is 11.9. The van der Waals surface area contributed by atoms with Crippen molar-refractivity contribution in [2.75, 3.05) is 0 Å². The molecule has 5 nitrogen and oxygen atoms in total. The van der Waals surface area contributed by atoms with Crippen LogP contribution in [0, 0.1) is 0 Å². The number of hydrogen-bond donors (Lipinski definition) is 0. The van der Waals surface area contributed by atoms with Gasteiger partial charge in [0.15, 0.2) is 23.1 Å². The summed E-state index contributed by atoms with van der Waals surface area (Å²) in [5.41, 5.74) is 8.55. The Morgan fingerprint density at radius 2 is 1.32 bits per heavy atom. The Hall–Kier alpha value is -6.76. The van der Waals surface area contributed by atoms with E-state index < -0.39 is 0 Å². The van der Waals surface area contributed by atoms with Crippen molar-refractivity contribution in [3.8, 4) is 28.5 Å². The molecule has 1 aliphatic heterocycles. The van der Waals surface area contributed by atoms with Crippen LogP contribution in [-0.4, -0.2) is 24.8 Å². The molecule has 2 unspecified atom stereocenters. The van der Waals surface area contributed by atoms with E-state index in [1.165, 1.54) is 32.0 Å². The van der Waals surface area contributed by atoms with Gasteiger partial charge in [0.2, 0.25) is 0 Å². The molecule has 0 amide bonds. The molecular formula is C50H32N4OS. The summed E-state index contributed by atoms with van der Waals surface area (Å²) in [5, 5.41) is 7.05. The third kappa shape index (κ3) is 4.47. The normalized spacial score (nSPS) is 17.6. The summed E-state index contributed by atoms with van der Waals surface area (Å²) in [5.74, 6) is 1.89. The molecular weight excluding hydrogens is 705 g/mol. The lowest BCUT2D eigenvalue weighted by Gasteiger charge is -2.34. The van der Waals surface area contributed by atoms with Gasteiger partial charge in [0, 0.05) is 53.8 Å². The number of thioether (sulfide) groups is 1.